The van der Waals surface area contributed by atoms with Crippen LogP contribution in [0.25, 0.3) is 33.4 Å². The molecule has 0 saturated carbocycles. The predicted molar refractivity (Wildman–Crippen MR) is 129 cm³/mol. The fraction of sp³-hybridized carbons (Fsp3) is 0.0741. The number of ketones is 1. The van der Waals surface area contributed by atoms with Crippen molar-refractivity contribution >= 4 is 17.2 Å². The molecular weight excluding hydrogens is 432 g/mol. The van der Waals surface area contributed by atoms with Gasteiger partial charge in [-0.2, -0.15) is 0 Å². The minimum Gasteiger partial charge on any atom is -0.289 e. The topological polar surface area (TPSA) is 103 Å². The minimum absolute atomic E-state index is 0.0416. The molecule has 4 aromatic carbocycles. The van der Waals surface area contributed by atoms with Crippen LogP contribution in [0.15, 0.2) is 72.8 Å². The molecule has 166 valence electrons. The van der Waals surface area contributed by atoms with Gasteiger partial charge in [0.25, 0.3) is 11.4 Å². The molecule has 0 saturated heterocycles. The lowest BCUT2D eigenvalue weighted by Crippen LogP contribution is -1.97. The van der Waals surface area contributed by atoms with Gasteiger partial charge < -0.3 is 0 Å². The van der Waals surface area contributed by atoms with Gasteiger partial charge in [0.2, 0.25) is 0 Å². The largest absolute Gasteiger partial charge is 0.289 e. The summed E-state index contributed by atoms with van der Waals surface area (Å²) in [5.41, 5.74) is 6.72. The Balaban J connectivity index is 1.85. The van der Waals surface area contributed by atoms with Crippen molar-refractivity contribution < 1.29 is 14.6 Å². The second-order valence-corrected chi connectivity index (χ2v) is 8.41. The van der Waals surface area contributed by atoms with Crippen molar-refractivity contribution in [1.82, 2.24) is 0 Å². The Hall–Kier alpha value is -4.65. The molecule has 0 bridgehead atoms. The summed E-state index contributed by atoms with van der Waals surface area (Å²) >= 11 is 0. The first-order valence-corrected chi connectivity index (χ1v) is 10.6. The Bertz CT molecular complexity index is 1440. The van der Waals surface area contributed by atoms with E-state index < -0.39 is 9.85 Å². The molecule has 4 aromatic rings. The Morgan fingerprint density at radius 1 is 0.588 bits per heavy atom. The molecule has 7 heteroatoms. The van der Waals surface area contributed by atoms with Gasteiger partial charge in [0, 0.05) is 46.5 Å². The van der Waals surface area contributed by atoms with Crippen LogP contribution in [0.2, 0.25) is 0 Å². The second kappa shape index (κ2) is 7.74. The van der Waals surface area contributed by atoms with Gasteiger partial charge in [-0.25, -0.2) is 0 Å². The van der Waals surface area contributed by atoms with Crippen molar-refractivity contribution in [3.05, 3.63) is 115 Å². The van der Waals surface area contributed by atoms with Gasteiger partial charge in [-0.05, 0) is 59.4 Å². The summed E-state index contributed by atoms with van der Waals surface area (Å²) in [6.45, 7) is 3.76. The van der Waals surface area contributed by atoms with E-state index >= 15 is 0 Å². The summed E-state index contributed by atoms with van der Waals surface area (Å²) in [4.78, 5) is 35.4. The summed E-state index contributed by atoms with van der Waals surface area (Å²) in [7, 11) is 0. The van der Waals surface area contributed by atoms with E-state index in [4.69, 9.17) is 0 Å². The fourth-order valence-electron chi connectivity index (χ4n) is 4.64. The van der Waals surface area contributed by atoms with Crippen LogP contribution < -0.4 is 0 Å². The molecule has 0 radical (unpaired) electrons. The molecule has 1 aliphatic rings. The molecule has 7 nitrogen and oxygen atoms in total. The molecule has 0 atom stereocenters. The lowest BCUT2D eigenvalue weighted by molar-refractivity contribution is -0.385. The molecule has 0 unspecified atom stereocenters. The molecule has 34 heavy (non-hydrogen) atoms. The number of non-ortho nitro benzene ring substituents is 2. The average Bonchev–Trinajstić information content (AvgIpc) is 3.09. The van der Waals surface area contributed by atoms with E-state index in [2.05, 4.69) is 0 Å². The van der Waals surface area contributed by atoms with E-state index in [-0.39, 0.29) is 17.2 Å². The summed E-state index contributed by atoms with van der Waals surface area (Å²) < 4.78 is 0. The van der Waals surface area contributed by atoms with Crippen LogP contribution in [0, 0.1) is 34.1 Å². The van der Waals surface area contributed by atoms with Crippen molar-refractivity contribution in [2.24, 2.45) is 0 Å². The predicted octanol–water partition coefficient (Wildman–Crippen LogP) is 6.67. The highest BCUT2D eigenvalue weighted by Crippen LogP contribution is 2.49. The number of nitrogens with zero attached hydrogens (tertiary/aromatic N) is 2. The molecule has 0 aliphatic heterocycles. The number of carbonyl (C=O) groups is 1. The van der Waals surface area contributed by atoms with Crippen molar-refractivity contribution in [1.29, 1.82) is 0 Å². The highest BCUT2D eigenvalue weighted by atomic mass is 16.6. The Labute approximate surface area is 194 Å². The van der Waals surface area contributed by atoms with Crippen molar-refractivity contribution in [3.8, 4) is 33.4 Å². The Morgan fingerprint density at radius 2 is 0.971 bits per heavy atom. The van der Waals surface area contributed by atoms with Crippen LogP contribution in [0.1, 0.15) is 27.0 Å². The molecule has 0 N–H and O–H groups in total. The maximum absolute atomic E-state index is 13.5. The van der Waals surface area contributed by atoms with Gasteiger partial charge in [-0.3, -0.25) is 25.0 Å². The number of carbonyl (C=O) groups excluding carboxylic acids is 1. The van der Waals surface area contributed by atoms with Gasteiger partial charge in [-0.1, -0.05) is 36.4 Å². The summed E-state index contributed by atoms with van der Waals surface area (Å²) in [5, 5.41) is 22.8. The van der Waals surface area contributed by atoms with Gasteiger partial charge in [0.15, 0.2) is 5.78 Å². The minimum atomic E-state index is -0.448. The Morgan fingerprint density at radius 3 is 1.35 bits per heavy atom. The van der Waals surface area contributed by atoms with Crippen LogP contribution >= 0.6 is 0 Å². The van der Waals surface area contributed by atoms with Crippen LogP contribution in [0.3, 0.4) is 0 Å². The lowest BCUT2D eigenvalue weighted by Gasteiger charge is -2.15. The van der Waals surface area contributed by atoms with Crippen LogP contribution in [-0.2, 0) is 0 Å². The van der Waals surface area contributed by atoms with E-state index in [0.717, 1.165) is 11.1 Å². The van der Waals surface area contributed by atoms with Crippen LogP contribution in [-0.4, -0.2) is 15.6 Å². The number of aryl methyl sites for hydroxylation is 2. The number of benzene rings is 4. The summed E-state index contributed by atoms with van der Waals surface area (Å²) in [5.74, 6) is -0.129. The first-order valence-electron chi connectivity index (χ1n) is 10.6. The van der Waals surface area contributed by atoms with Gasteiger partial charge in [0.05, 0.1) is 9.85 Å². The molecule has 0 amide bonds. The molecule has 5 rings (SSSR count). The van der Waals surface area contributed by atoms with Crippen molar-refractivity contribution in [2.75, 3.05) is 0 Å². The number of hydrogen-bond donors (Lipinski definition) is 0. The Kier molecular flexibility index (Phi) is 4.83. The molecule has 0 fully saturated rings. The maximum atomic E-state index is 13.5. The zero-order valence-corrected chi connectivity index (χ0v) is 18.4. The number of rotatable bonds is 4. The highest BCUT2D eigenvalue weighted by molar-refractivity contribution is 6.26. The van der Waals surface area contributed by atoms with Crippen LogP contribution in [0.4, 0.5) is 11.4 Å². The molecule has 0 aromatic heterocycles. The van der Waals surface area contributed by atoms with Gasteiger partial charge in [-0.15, -0.1) is 0 Å². The van der Waals surface area contributed by atoms with Gasteiger partial charge in [0.1, 0.15) is 0 Å². The number of fused-ring (bicyclic) bond motifs is 3. The molecule has 0 spiro atoms. The second-order valence-electron chi connectivity index (χ2n) is 8.41. The smallest absolute Gasteiger partial charge is 0.270 e. The average molecular weight is 450 g/mol. The van der Waals surface area contributed by atoms with Gasteiger partial charge >= 0.3 is 0 Å². The maximum Gasteiger partial charge on any atom is 0.270 e. The fourth-order valence-corrected chi connectivity index (χ4v) is 4.64. The first kappa shape index (κ1) is 21.2. The molecule has 1 aliphatic carbocycles. The summed E-state index contributed by atoms with van der Waals surface area (Å²) in [6.07, 6.45) is 0. The number of nitro groups is 2. The lowest BCUT2D eigenvalue weighted by atomic mass is 9.87. The zero-order valence-electron chi connectivity index (χ0n) is 18.4. The number of hydrogen-bond acceptors (Lipinski definition) is 5. The standard InChI is InChI=1S/C27H18N2O5/c1-15-9-21(17-5-3-7-19(13-17)28(31)32)25-23(11-15)27(30)24-12-16(2)10-22(26(24)25)18-6-4-8-20(14-18)29(33)34/h3-14H,1-2H3. The summed E-state index contributed by atoms with van der Waals surface area (Å²) in [6, 6.07) is 20.1. The normalized spacial score (nSPS) is 11.8. The van der Waals surface area contributed by atoms with E-state index in [9.17, 15) is 25.0 Å². The molecular formula is C27H18N2O5. The van der Waals surface area contributed by atoms with E-state index in [0.29, 0.717) is 44.5 Å². The first-order chi connectivity index (χ1) is 16.2. The third-order valence-electron chi connectivity index (χ3n) is 6.04. The van der Waals surface area contributed by atoms with E-state index in [1.54, 1.807) is 24.3 Å². The SMILES string of the molecule is Cc1cc2c(c(-c3cccc([N+](=O)[O-])c3)c1)-c1c(cc(C)cc1-c1cccc([N+](=O)[O-])c1)C2=O. The zero-order chi connectivity index (χ0) is 24.1. The molecule has 0 heterocycles. The third kappa shape index (κ3) is 3.34. The van der Waals surface area contributed by atoms with Crippen LogP contribution in [0.5, 0.6) is 0 Å². The van der Waals surface area contributed by atoms with Crippen molar-refractivity contribution in [2.45, 2.75) is 13.8 Å². The monoisotopic (exact) mass is 450 g/mol. The quantitative estimate of drug-likeness (QED) is 0.225. The van der Waals surface area contributed by atoms with E-state index in [1.165, 1.54) is 24.3 Å². The van der Waals surface area contributed by atoms with E-state index in [1.807, 2.05) is 38.1 Å². The highest BCUT2D eigenvalue weighted by Gasteiger charge is 2.33. The third-order valence-corrected chi connectivity index (χ3v) is 6.04. The number of nitro benzene ring substituents is 2. The van der Waals surface area contributed by atoms with Crippen molar-refractivity contribution in [3.63, 3.8) is 0 Å².